The van der Waals surface area contributed by atoms with Crippen molar-refractivity contribution in [1.82, 2.24) is 0 Å². The van der Waals surface area contributed by atoms with Gasteiger partial charge in [-0.25, -0.2) is 4.79 Å². The van der Waals surface area contributed by atoms with Crippen LogP contribution in [0.3, 0.4) is 0 Å². The van der Waals surface area contributed by atoms with Crippen LogP contribution in [0.1, 0.15) is 5.56 Å². The van der Waals surface area contributed by atoms with E-state index in [1.807, 2.05) is 0 Å². The maximum Gasteiger partial charge on any atom is 0.412 e. The highest BCUT2D eigenvalue weighted by molar-refractivity contribution is 9.10. The van der Waals surface area contributed by atoms with Gasteiger partial charge in [0, 0.05) is 4.47 Å². The summed E-state index contributed by atoms with van der Waals surface area (Å²) in [5, 5.41) is 8.37. The van der Waals surface area contributed by atoms with Gasteiger partial charge in [-0.15, -0.1) is 0 Å². The van der Waals surface area contributed by atoms with Gasteiger partial charge in [-0.2, -0.15) is 13.2 Å². The maximum atomic E-state index is 13.1. The molecule has 19 heavy (non-hydrogen) atoms. The average molecular weight is 342 g/mol. The molecule has 0 amide bonds. The van der Waals surface area contributed by atoms with Crippen LogP contribution in [0.2, 0.25) is 0 Å². The van der Waals surface area contributed by atoms with Crippen molar-refractivity contribution in [3.8, 4) is 0 Å². The highest BCUT2D eigenvalue weighted by Gasteiger charge is 2.53. The van der Waals surface area contributed by atoms with Crippen LogP contribution in [-0.2, 0) is 15.1 Å². The zero-order valence-electron chi connectivity index (χ0n) is 9.58. The lowest BCUT2D eigenvalue weighted by atomic mass is 9.91. The summed E-state index contributed by atoms with van der Waals surface area (Å²) in [6, 6.07) is 5.39. The first kappa shape index (κ1) is 15.9. The number of halogens is 4. The Bertz CT molecular complexity index is 467. The molecule has 0 spiro atoms. The summed E-state index contributed by atoms with van der Waals surface area (Å²) >= 11 is 3.05. The highest BCUT2D eigenvalue weighted by atomic mass is 79.9. The number of hydrogen-bond acceptors (Lipinski definition) is 3. The molecule has 1 unspecified atom stereocenters. The molecule has 0 heterocycles. The molecule has 0 saturated carbocycles. The van der Waals surface area contributed by atoms with Crippen LogP contribution in [0, 0.1) is 0 Å². The topological polar surface area (TPSA) is 72.5 Å². The van der Waals surface area contributed by atoms with Crippen molar-refractivity contribution in [2.24, 2.45) is 5.73 Å². The molecule has 1 aromatic carbocycles. The van der Waals surface area contributed by atoms with Crippen molar-refractivity contribution in [3.05, 3.63) is 34.3 Å². The molecule has 0 aromatic heterocycles. The lowest BCUT2D eigenvalue weighted by Gasteiger charge is -2.32. The Kier molecular flexibility index (Phi) is 4.94. The van der Waals surface area contributed by atoms with Gasteiger partial charge in [0.25, 0.3) is 0 Å². The maximum absolute atomic E-state index is 13.1. The quantitative estimate of drug-likeness (QED) is 0.861. The Hall–Kier alpha value is -1.12. The molecular weight excluding hydrogens is 331 g/mol. The molecule has 0 fully saturated rings. The van der Waals surface area contributed by atoms with Crippen LogP contribution >= 0.6 is 15.9 Å². The fourth-order valence-corrected chi connectivity index (χ4v) is 1.79. The van der Waals surface area contributed by atoms with E-state index in [0.717, 1.165) is 0 Å². The molecule has 8 heteroatoms. The first-order valence-corrected chi connectivity index (χ1v) is 5.87. The normalized spacial score (nSPS) is 15.0. The monoisotopic (exact) mass is 341 g/mol. The fraction of sp³-hybridized carbons (Fsp3) is 0.364. The van der Waals surface area contributed by atoms with E-state index in [1.165, 1.54) is 18.2 Å². The molecule has 0 radical (unpaired) electrons. The van der Waals surface area contributed by atoms with Crippen molar-refractivity contribution < 1.29 is 27.8 Å². The molecule has 0 aliphatic carbocycles. The number of alkyl halides is 3. The van der Waals surface area contributed by atoms with Gasteiger partial charge in [-0.3, -0.25) is 0 Å². The SMILES string of the molecule is NC(COCC(=O)O)(c1cccc(Br)c1)C(F)(F)F. The number of aliphatic carboxylic acids is 1. The Morgan fingerprint density at radius 1 is 1.42 bits per heavy atom. The van der Waals surface area contributed by atoms with Crippen molar-refractivity contribution in [1.29, 1.82) is 0 Å². The molecule has 1 rings (SSSR count). The third-order valence-corrected chi connectivity index (χ3v) is 2.89. The largest absolute Gasteiger partial charge is 0.480 e. The molecule has 0 aliphatic heterocycles. The van der Waals surface area contributed by atoms with E-state index in [4.69, 9.17) is 10.8 Å². The first-order valence-electron chi connectivity index (χ1n) is 5.08. The van der Waals surface area contributed by atoms with Crippen molar-refractivity contribution in [2.75, 3.05) is 13.2 Å². The Labute approximate surface area is 115 Å². The first-order chi connectivity index (χ1) is 8.67. The zero-order chi connectivity index (χ0) is 14.7. The third kappa shape index (κ3) is 3.92. The van der Waals surface area contributed by atoms with Crippen LogP contribution in [0.15, 0.2) is 28.7 Å². The van der Waals surface area contributed by atoms with Gasteiger partial charge in [-0.05, 0) is 17.7 Å². The second kappa shape index (κ2) is 5.89. The van der Waals surface area contributed by atoms with Gasteiger partial charge in [0.2, 0.25) is 0 Å². The summed E-state index contributed by atoms with van der Waals surface area (Å²) in [6.45, 7) is -1.82. The molecule has 3 N–H and O–H groups in total. The van der Waals surface area contributed by atoms with Crippen LogP contribution < -0.4 is 5.73 Å². The number of rotatable bonds is 5. The van der Waals surface area contributed by atoms with Gasteiger partial charge < -0.3 is 15.6 Å². The van der Waals surface area contributed by atoms with Crippen molar-refractivity contribution in [3.63, 3.8) is 0 Å². The minimum absolute atomic E-state index is 0.209. The molecule has 0 aliphatic rings. The van der Waals surface area contributed by atoms with Gasteiger partial charge in [-0.1, -0.05) is 28.1 Å². The minimum atomic E-state index is -4.77. The highest BCUT2D eigenvalue weighted by Crippen LogP contribution is 2.37. The van der Waals surface area contributed by atoms with E-state index in [1.54, 1.807) is 6.07 Å². The summed E-state index contributed by atoms with van der Waals surface area (Å²) < 4.78 is 44.2. The van der Waals surface area contributed by atoms with E-state index >= 15 is 0 Å². The number of carboxylic acid groups (broad SMARTS) is 1. The molecule has 106 valence electrons. The van der Waals surface area contributed by atoms with Gasteiger partial charge >= 0.3 is 12.1 Å². The standard InChI is InChI=1S/C11H11BrF3NO3/c12-8-3-1-2-7(4-8)10(16,11(13,14)15)6-19-5-9(17)18/h1-4H,5-6,16H2,(H,17,18). The average Bonchev–Trinajstić information content (AvgIpc) is 2.26. The third-order valence-electron chi connectivity index (χ3n) is 2.40. The molecule has 1 atom stereocenters. The smallest absolute Gasteiger partial charge is 0.412 e. The number of carbonyl (C=O) groups is 1. The summed E-state index contributed by atoms with van der Waals surface area (Å²) in [4.78, 5) is 10.3. The Morgan fingerprint density at radius 2 is 2.05 bits per heavy atom. The lowest BCUT2D eigenvalue weighted by Crippen LogP contribution is -2.54. The summed E-state index contributed by atoms with van der Waals surface area (Å²) in [5.74, 6) is -1.36. The van der Waals surface area contributed by atoms with E-state index in [0.29, 0.717) is 4.47 Å². The van der Waals surface area contributed by atoms with E-state index in [9.17, 15) is 18.0 Å². The second-order valence-electron chi connectivity index (χ2n) is 3.87. The number of ether oxygens (including phenoxy) is 1. The summed E-state index contributed by atoms with van der Waals surface area (Å²) in [7, 11) is 0. The minimum Gasteiger partial charge on any atom is -0.480 e. The van der Waals surface area contributed by atoms with Gasteiger partial charge in [0.05, 0.1) is 6.61 Å². The van der Waals surface area contributed by atoms with E-state index in [2.05, 4.69) is 20.7 Å². The van der Waals surface area contributed by atoms with E-state index in [-0.39, 0.29) is 5.56 Å². The molecule has 0 saturated heterocycles. The number of benzene rings is 1. The fourth-order valence-electron chi connectivity index (χ4n) is 1.39. The molecule has 0 bridgehead atoms. The van der Waals surface area contributed by atoms with Crippen molar-refractivity contribution in [2.45, 2.75) is 11.7 Å². The number of nitrogens with two attached hydrogens (primary N) is 1. The lowest BCUT2D eigenvalue weighted by molar-refractivity contribution is -0.205. The Morgan fingerprint density at radius 3 is 2.53 bits per heavy atom. The number of carboxylic acids is 1. The van der Waals surface area contributed by atoms with Crippen LogP contribution in [0.25, 0.3) is 0 Å². The molecule has 1 aromatic rings. The van der Waals surface area contributed by atoms with E-state index < -0.39 is 30.9 Å². The van der Waals surface area contributed by atoms with Gasteiger partial charge in [0.1, 0.15) is 6.61 Å². The summed E-state index contributed by atoms with van der Waals surface area (Å²) in [5.41, 5.74) is 2.42. The predicted molar refractivity (Wildman–Crippen MR) is 64.5 cm³/mol. The Balaban J connectivity index is 3.03. The molecular formula is C11H11BrF3NO3. The van der Waals surface area contributed by atoms with Gasteiger partial charge in [0.15, 0.2) is 5.54 Å². The predicted octanol–water partition coefficient (Wildman–Crippen LogP) is 2.27. The number of hydrogen-bond donors (Lipinski definition) is 2. The van der Waals surface area contributed by atoms with Crippen LogP contribution in [0.5, 0.6) is 0 Å². The summed E-state index contributed by atoms with van der Waals surface area (Å²) in [6.07, 6.45) is -4.77. The van der Waals surface area contributed by atoms with Crippen LogP contribution in [-0.4, -0.2) is 30.5 Å². The zero-order valence-corrected chi connectivity index (χ0v) is 11.2. The van der Waals surface area contributed by atoms with Crippen molar-refractivity contribution >= 4 is 21.9 Å². The second-order valence-corrected chi connectivity index (χ2v) is 4.78. The molecule has 4 nitrogen and oxygen atoms in total. The van der Waals surface area contributed by atoms with Crippen LogP contribution in [0.4, 0.5) is 13.2 Å².